The van der Waals surface area contributed by atoms with Gasteiger partial charge in [0.15, 0.2) is 0 Å². The summed E-state index contributed by atoms with van der Waals surface area (Å²) in [6.45, 7) is 1.45. The molecule has 0 aliphatic heterocycles. The van der Waals surface area contributed by atoms with Crippen LogP contribution in [-0.2, 0) is 16.0 Å². The van der Waals surface area contributed by atoms with Crippen molar-refractivity contribution in [3.05, 3.63) is 54.1 Å². The Morgan fingerprint density at radius 1 is 1.05 bits per heavy atom. The fourth-order valence-corrected chi connectivity index (χ4v) is 2.23. The molecule has 0 aromatic heterocycles. The van der Waals surface area contributed by atoms with Gasteiger partial charge < -0.3 is 10.4 Å². The van der Waals surface area contributed by atoms with E-state index >= 15 is 0 Å². The number of para-hydroxylation sites is 1. The summed E-state index contributed by atoms with van der Waals surface area (Å²) in [6, 6.07) is 15.4. The SMILES string of the molecule is CC(=O)Nc1c(CCC(=O)O)cccc1-c1ccccc1. The lowest BCUT2D eigenvalue weighted by atomic mass is 9.97. The zero-order valence-electron chi connectivity index (χ0n) is 11.8. The Kier molecular flexibility index (Phi) is 4.72. The van der Waals surface area contributed by atoms with E-state index in [0.29, 0.717) is 12.1 Å². The minimum Gasteiger partial charge on any atom is -0.481 e. The van der Waals surface area contributed by atoms with Crippen molar-refractivity contribution in [2.24, 2.45) is 0 Å². The quantitative estimate of drug-likeness (QED) is 0.884. The fourth-order valence-electron chi connectivity index (χ4n) is 2.23. The molecule has 0 aliphatic carbocycles. The molecule has 0 saturated heterocycles. The molecule has 2 aromatic rings. The van der Waals surface area contributed by atoms with Gasteiger partial charge in [-0.2, -0.15) is 0 Å². The maximum Gasteiger partial charge on any atom is 0.303 e. The molecular formula is C17H17NO3. The Labute approximate surface area is 123 Å². The molecule has 2 aromatic carbocycles. The molecule has 0 atom stereocenters. The van der Waals surface area contributed by atoms with Crippen LogP contribution < -0.4 is 5.32 Å². The van der Waals surface area contributed by atoms with E-state index in [2.05, 4.69) is 5.32 Å². The minimum absolute atomic E-state index is 0.0326. The number of carbonyl (C=O) groups excluding carboxylic acids is 1. The van der Waals surface area contributed by atoms with Gasteiger partial charge in [0.25, 0.3) is 0 Å². The number of carboxylic acids is 1. The smallest absolute Gasteiger partial charge is 0.303 e. The van der Waals surface area contributed by atoms with Crippen molar-refractivity contribution in [2.75, 3.05) is 5.32 Å². The number of carbonyl (C=O) groups is 2. The number of amides is 1. The molecule has 21 heavy (non-hydrogen) atoms. The van der Waals surface area contributed by atoms with Gasteiger partial charge in [-0.05, 0) is 17.5 Å². The van der Waals surface area contributed by atoms with Gasteiger partial charge in [0.05, 0.1) is 5.69 Å². The number of anilines is 1. The molecule has 2 rings (SSSR count). The van der Waals surface area contributed by atoms with Crippen LogP contribution in [0.2, 0.25) is 0 Å². The second-order valence-electron chi connectivity index (χ2n) is 4.78. The first-order valence-corrected chi connectivity index (χ1v) is 6.74. The summed E-state index contributed by atoms with van der Waals surface area (Å²) in [5, 5.41) is 11.7. The monoisotopic (exact) mass is 283 g/mol. The first kappa shape index (κ1) is 14.8. The average molecular weight is 283 g/mol. The molecule has 0 unspecified atom stereocenters. The molecule has 2 N–H and O–H groups in total. The Morgan fingerprint density at radius 3 is 2.38 bits per heavy atom. The van der Waals surface area contributed by atoms with Gasteiger partial charge in [-0.25, -0.2) is 0 Å². The predicted octanol–water partition coefficient (Wildman–Crippen LogP) is 3.33. The van der Waals surface area contributed by atoms with Gasteiger partial charge in [0.1, 0.15) is 0 Å². The number of aryl methyl sites for hydroxylation is 1. The van der Waals surface area contributed by atoms with Crippen molar-refractivity contribution in [2.45, 2.75) is 19.8 Å². The molecular weight excluding hydrogens is 266 g/mol. The van der Waals surface area contributed by atoms with Gasteiger partial charge in [-0.3, -0.25) is 9.59 Å². The lowest BCUT2D eigenvalue weighted by Gasteiger charge is -2.15. The molecule has 0 fully saturated rings. The van der Waals surface area contributed by atoms with E-state index in [-0.39, 0.29) is 12.3 Å². The number of rotatable bonds is 5. The van der Waals surface area contributed by atoms with Crippen LogP contribution in [0.5, 0.6) is 0 Å². The summed E-state index contributed by atoms with van der Waals surface area (Å²) in [4.78, 5) is 22.2. The predicted molar refractivity (Wildman–Crippen MR) is 82.1 cm³/mol. The van der Waals surface area contributed by atoms with Crippen LogP contribution >= 0.6 is 0 Å². The van der Waals surface area contributed by atoms with Crippen LogP contribution in [0, 0.1) is 0 Å². The first-order chi connectivity index (χ1) is 10.1. The molecule has 0 spiro atoms. The van der Waals surface area contributed by atoms with Crippen molar-refractivity contribution < 1.29 is 14.7 Å². The average Bonchev–Trinajstić information content (AvgIpc) is 2.46. The number of nitrogens with one attached hydrogen (secondary N) is 1. The van der Waals surface area contributed by atoms with Crippen molar-refractivity contribution in [3.8, 4) is 11.1 Å². The van der Waals surface area contributed by atoms with Crippen LogP contribution in [0.3, 0.4) is 0 Å². The molecule has 0 radical (unpaired) electrons. The Morgan fingerprint density at radius 2 is 1.76 bits per heavy atom. The summed E-state index contributed by atoms with van der Waals surface area (Å²) < 4.78 is 0. The summed E-state index contributed by atoms with van der Waals surface area (Å²) in [5.41, 5.74) is 3.40. The molecule has 4 heteroatoms. The third-order valence-corrected chi connectivity index (χ3v) is 3.14. The Bertz CT molecular complexity index is 650. The van der Waals surface area contributed by atoms with E-state index in [1.54, 1.807) is 0 Å². The summed E-state index contributed by atoms with van der Waals surface area (Å²) in [5.74, 6) is -1.02. The normalized spacial score (nSPS) is 10.1. The number of hydrogen-bond acceptors (Lipinski definition) is 2. The number of carboxylic acid groups (broad SMARTS) is 1. The maximum absolute atomic E-state index is 11.5. The molecule has 0 aliphatic rings. The standard InChI is InChI=1S/C17H17NO3/c1-12(19)18-17-14(10-11-16(20)21)8-5-9-15(17)13-6-3-2-4-7-13/h2-9H,10-11H2,1H3,(H,18,19)(H,20,21). The van der Waals surface area contributed by atoms with Crippen LogP contribution in [0.15, 0.2) is 48.5 Å². The molecule has 4 nitrogen and oxygen atoms in total. The fraction of sp³-hybridized carbons (Fsp3) is 0.176. The minimum atomic E-state index is -0.853. The third kappa shape index (κ3) is 3.92. The third-order valence-electron chi connectivity index (χ3n) is 3.14. The van der Waals surface area contributed by atoms with Gasteiger partial charge in [0, 0.05) is 18.9 Å². The van der Waals surface area contributed by atoms with E-state index in [4.69, 9.17) is 5.11 Å². The summed E-state index contributed by atoms with van der Waals surface area (Å²) in [6.07, 6.45) is 0.413. The van der Waals surface area contributed by atoms with Gasteiger partial charge in [-0.15, -0.1) is 0 Å². The first-order valence-electron chi connectivity index (χ1n) is 6.74. The Balaban J connectivity index is 2.46. The Hall–Kier alpha value is -2.62. The highest BCUT2D eigenvalue weighted by atomic mass is 16.4. The second-order valence-corrected chi connectivity index (χ2v) is 4.78. The topological polar surface area (TPSA) is 66.4 Å². The van der Waals surface area contributed by atoms with Crippen LogP contribution in [0.1, 0.15) is 18.9 Å². The molecule has 0 saturated carbocycles. The second kappa shape index (κ2) is 6.70. The number of aliphatic carboxylic acids is 1. The highest BCUT2D eigenvalue weighted by Crippen LogP contribution is 2.31. The summed E-state index contributed by atoms with van der Waals surface area (Å²) in [7, 11) is 0. The van der Waals surface area contributed by atoms with Gasteiger partial charge in [0.2, 0.25) is 5.91 Å². The van der Waals surface area contributed by atoms with Crippen molar-refractivity contribution in [1.29, 1.82) is 0 Å². The van der Waals surface area contributed by atoms with E-state index < -0.39 is 5.97 Å². The molecule has 1 amide bonds. The lowest BCUT2D eigenvalue weighted by Crippen LogP contribution is -2.10. The number of hydrogen-bond donors (Lipinski definition) is 2. The van der Waals surface area contributed by atoms with Crippen molar-refractivity contribution in [1.82, 2.24) is 0 Å². The molecule has 0 bridgehead atoms. The lowest BCUT2D eigenvalue weighted by molar-refractivity contribution is -0.136. The van der Waals surface area contributed by atoms with Crippen molar-refractivity contribution in [3.63, 3.8) is 0 Å². The van der Waals surface area contributed by atoms with Gasteiger partial charge >= 0.3 is 5.97 Å². The zero-order chi connectivity index (χ0) is 15.2. The van der Waals surface area contributed by atoms with Crippen molar-refractivity contribution >= 4 is 17.6 Å². The highest BCUT2D eigenvalue weighted by Gasteiger charge is 2.12. The van der Waals surface area contributed by atoms with E-state index in [0.717, 1.165) is 16.7 Å². The van der Waals surface area contributed by atoms with E-state index in [9.17, 15) is 9.59 Å². The maximum atomic E-state index is 11.5. The van der Waals surface area contributed by atoms with E-state index in [1.165, 1.54) is 6.92 Å². The van der Waals surface area contributed by atoms with E-state index in [1.807, 2.05) is 48.5 Å². The van der Waals surface area contributed by atoms with Crippen LogP contribution in [0.4, 0.5) is 5.69 Å². The summed E-state index contributed by atoms with van der Waals surface area (Å²) >= 11 is 0. The molecule has 108 valence electrons. The van der Waals surface area contributed by atoms with Crippen LogP contribution in [-0.4, -0.2) is 17.0 Å². The van der Waals surface area contributed by atoms with Gasteiger partial charge in [-0.1, -0.05) is 48.5 Å². The largest absolute Gasteiger partial charge is 0.481 e. The molecule has 0 heterocycles. The zero-order valence-corrected chi connectivity index (χ0v) is 11.8. The van der Waals surface area contributed by atoms with Crippen LogP contribution in [0.25, 0.3) is 11.1 Å². The highest BCUT2D eigenvalue weighted by molar-refractivity contribution is 5.95. The number of benzene rings is 2.